The Morgan fingerprint density at radius 1 is 1.17 bits per heavy atom. The number of hydrogen-bond donors (Lipinski definition) is 3. The van der Waals surface area contributed by atoms with Gasteiger partial charge in [0.05, 0.1) is 12.2 Å². The normalized spacial score (nSPS) is 11.3. The van der Waals surface area contributed by atoms with E-state index in [0.717, 1.165) is 12.0 Å². The van der Waals surface area contributed by atoms with Crippen molar-refractivity contribution in [2.45, 2.75) is 39.3 Å². The van der Waals surface area contributed by atoms with Crippen LogP contribution in [0.15, 0.2) is 47.6 Å². The zero-order valence-electron chi connectivity index (χ0n) is 17.7. The third kappa shape index (κ3) is 9.38. The van der Waals surface area contributed by atoms with E-state index in [9.17, 15) is 9.18 Å². The van der Waals surface area contributed by atoms with Crippen LogP contribution in [-0.4, -0.2) is 36.2 Å². The van der Waals surface area contributed by atoms with Gasteiger partial charge in [-0.05, 0) is 57.0 Å². The number of rotatable bonds is 6. The molecular formula is C21H29FIN5O2. The van der Waals surface area contributed by atoms with E-state index in [1.807, 2.05) is 45.0 Å². The van der Waals surface area contributed by atoms with Crippen LogP contribution >= 0.6 is 24.0 Å². The van der Waals surface area contributed by atoms with E-state index in [1.165, 1.54) is 6.07 Å². The SMILES string of the molecule is CN=C(NCCc1ccc(NC(=O)OC(C)(C)C)cc1)NCc1ncccc1F.I. The van der Waals surface area contributed by atoms with Crippen molar-refractivity contribution >= 4 is 41.7 Å². The van der Waals surface area contributed by atoms with Crippen molar-refractivity contribution < 1.29 is 13.9 Å². The molecule has 0 aliphatic carbocycles. The Balaban J connectivity index is 0.00000450. The van der Waals surface area contributed by atoms with Gasteiger partial charge < -0.3 is 15.4 Å². The summed E-state index contributed by atoms with van der Waals surface area (Å²) in [5.74, 6) is 0.216. The van der Waals surface area contributed by atoms with Gasteiger partial charge in [0.2, 0.25) is 0 Å². The first-order valence-corrected chi connectivity index (χ1v) is 9.39. The van der Waals surface area contributed by atoms with Crippen molar-refractivity contribution in [1.29, 1.82) is 0 Å². The van der Waals surface area contributed by atoms with Gasteiger partial charge in [-0.15, -0.1) is 24.0 Å². The summed E-state index contributed by atoms with van der Waals surface area (Å²) in [6.45, 7) is 6.34. The van der Waals surface area contributed by atoms with Crippen LogP contribution in [0.5, 0.6) is 0 Å². The van der Waals surface area contributed by atoms with Gasteiger partial charge in [0.1, 0.15) is 11.4 Å². The maximum Gasteiger partial charge on any atom is 0.412 e. The molecule has 1 aromatic carbocycles. The quantitative estimate of drug-likeness (QED) is 0.298. The van der Waals surface area contributed by atoms with Crippen molar-refractivity contribution in [1.82, 2.24) is 15.6 Å². The van der Waals surface area contributed by atoms with Crippen LogP contribution in [0.3, 0.4) is 0 Å². The van der Waals surface area contributed by atoms with Crippen molar-refractivity contribution in [3.8, 4) is 0 Å². The molecule has 0 saturated heterocycles. The fraction of sp³-hybridized carbons (Fsp3) is 0.381. The number of nitrogens with one attached hydrogen (secondary N) is 3. The molecule has 1 amide bonds. The first kappa shape index (κ1) is 25.6. The van der Waals surface area contributed by atoms with Crippen LogP contribution in [0.25, 0.3) is 0 Å². The minimum atomic E-state index is -0.537. The fourth-order valence-electron chi connectivity index (χ4n) is 2.44. The number of halogens is 2. The molecule has 7 nitrogen and oxygen atoms in total. The number of ether oxygens (including phenoxy) is 1. The summed E-state index contributed by atoms with van der Waals surface area (Å²) in [4.78, 5) is 19.9. The third-order valence-corrected chi connectivity index (χ3v) is 3.79. The smallest absolute Gasteiger partial charge is 0.412 e. The second kappa shape index (κ2) is 12.3. The first-order chi connectivity index (χ1) is 13.8. The molecule has 1 heterocycles. The van der Waals surface area contributed by atoms with E-state index in [0.29, 0.717) is 23.9 Å². The van der Waals surface area contributed by atoms with E-state index < -0.39 is 11.7 Å². The average molecular weight is 529 g/mol. The number of pyridine rings is 1. The van der Waals surface area contributed by atoms with E-state index in [2.05, 4.69) is 25.9 Å². The van der Waals surface area contributed by atoms with Gasteiger partial charge in [-0.2, -0.15) is 0 Å². The molecule has 30 heavy (non-hydrogen) atoms. The molecule has 0 saturated carbocycles. The van der Waals surface area contributed by atoms with Gasteiger partial charge in [-0.1, -0.05) is 12.1 Å². The third-order valence-electron chi connectivity index (χ3n) is 3.79. The number of aromatic nitrogens is 1. The summed E-state index contributed by atoms with van der Waals surface area (Å²) >= 11 is 0. The van der Waals surface area contributed by atoms with Crippen LogP contribution in [0.2, 0.25) is 0 Å². The molecule has 0 atom stereocenters. The molecule has 164 valence electrons. The Labute approximate surface area is 193 Å². The van der Waals surface area contributed by atoms with Gasteiger partial charge in [-0.3, -0.25) is 15.3 Å². The number of aliphatic imine (C=N–C) groups is 1. The molecule has 2 aromatic rings. The highest BCUT2D eigenvalue weighted by atomic mass is 127. The number of carbonyl (C=O) groups excluding carboxylic acids is 1. The molecule has 9 heteroatoms. The van der Waals surface area contributed by atoms with Crippen molar-refractivity contribution in [2.24, 2.45) is 4.99 Å². The summed E-state index contributed by atoms with van der Waals surface area (Å²) in [7, 11) is 1.65. The summed E-state index contributed by atoms with van der Waals surface area (Å²) in [5.41, 5.74) is 1.57. The minimum Gasteiger partial charge on any atom is -0.444 e. The van der Waals surface area contributed by atoms with Gasteiger partial charge in [0.15, 0.2) is 5.96 Å². The minimum absolute atomic E-state index is 0. The van der Waals surface area contributed by atoms with E-state index in [4.69, 9.17) is 4.74 Å². The van der Waals surface area contributed by atoms with Gasteiger partial charge in [0, 0.05) is 25.5 Å². The van der Waals surface area contributed by atoms with Crippen molar-refractivity contribution in [3.05, 3.63) is 59.7 Å². The molecule has 3 N–H and O–H groups in total. The number of anilines is 1. The molecule has 1 aromatic heterocycles. The predicted octanol–water partition coefficient (Wildman–Crippen LogP) is 4.09. The number of amides is 1. The Morgan fingerprint density at radius 3 is 2.47 bits per heavy atom. The second-order valence-electron chi connectivity index (χ2n) is 7.36. The molecule has 0 aliphatic heterocycles. The van der Waals surface area contributed by atoms with Gasteiger partial charge in [-0.25, -0.2) is 9.18 Å². The van der Waals surface area contributed by atoms with Crippen LogP contribution in [0.1, 0.15) is 32.0 Å². The molecule has 0 spiro atoms. The van der Waals surface area contributed by atoms with Crippen LogP contribution < -0.4 is 16.0 Å². The van der Waals surface area contributed by atoms with E-state index in [-0.39, 0.29) is 36.3 Å². The Hall–Kier alpha value is -2.43. The zero-order chi connectivity index (χ0) is 21.3. The summed E-state index contributed by atoms with van der Waals surface area (Å²) in [6.07, 6.45) is 1.83. The lowest BCUT2D eigenvalue weighted by Crippen LogP contribution is -2.38. The van der Waals surface area contributed by atoms with Crippen LogP contribution in [-0.2, 0) is 17.7 Å². The molecule has 0 unspecified atom stereocenters. The number of benzene rings is 1. The maximum atomic E-state index is 13.6. The van der Waals surface area contributed by atoms with E-state index in [1.54, 1.807) is 19.3 Å². The first-order valence-electron chi connectivity index (χ1n) is 9.39. The molecule has 0 fully saturated rings. The fourth-order valence-corrected chi connectivity index (χ4v) is 2.44. The second-order valence-corrected chi connectivity index (χ2v) is 7.36. The molecular weight excluding hydrogens is 500 g/mol. The van der Waals surface area contributed by atoms with Crippen LogP contribution in [0.4, 0.5) is 14.9 Å². The Bertz CT molecular complexity index is 838. The highest BCUT2D eigenvalue weighted by molar-refractivity contribution is 14.0. The van der Waals surface area contributed by atoms with Crippen molar-refractivity contribution in [3.63, 3.8) is 0 Å². The summed E-state index contributed by atoms with van der Waals surface area (Å²) in [6, 6.07) is 10.5. The maximum absolute atomic E-state index is 13.6. The Morgan fingerprint density at radius 2 is 1.87 bits per heavy atom. The number of guanidine groups is 1. The number of nitrogens with zero attached hydrogens (tertiary/aromatic N) is 2. The van der Waals surface area contributed by atoms with Crippen molar-refractivity contribution in [2.75, 3.05) is 18.9 Å². The lowest BCUT2D eigenvalue weighted by molar-refractivity contribution is 0.0636. The molecule has 0 radical (unpaired) electrons. The summed E-state index contributed by atoms with van der Waals surface area (Å²) < 4.78 is 18.8. The molecule has 0 aliphatic rings. The zero-order valence-corrected chi connectivity index (χ0v) is 20.0. The predicted molar refractivity (Wildman–Crippen MR) is 128 cm³/mol. The van der Waals surface area contributed by atoms with E-state index >= 15 is 0 Å². The number of hydrogen-bond acceptors (Lipinski definition) is 4. The highest BCUT2D eigenvalue weighted by Crippen LogP contribution is 2.13. The lowest BCUT2D eigenvalue weighted by atomic mass is 10.1. The standard InChI is InChI=1S/C21H28FN5O2.HI/c1-21(2,3)29-20(28)27-16-9-7-15(8-10-16)11-13-25-19(23-4)26-14-18-17(22)6-5-12-24-18;/h5-10,12H,11,13-14H2,1-4H3,(H,27,28)(H2,23,25,26);1H. The van der Waals surface area contributed by atoms with Gasteiger partial charge in [0.25, 0.3) is 0 Å². The molecule has 2 rings (SSSR count). The summed E-state index contributed by atoms with van der Waals surface area (Å²) in [5, 5.41) is 8.92. The van der Waals surface area contributed by atoms with Crippen LogP contribution in [0, 0.1) is 5.82 Å². The average Bonchev–Trinajstić information content (AvgIpc) is 2.65. The highest BCUT2D eigenvalue weighted by Gasteiger charge is 2.16. The topological polar surface area (TPSA) is 87.6 Å². The van der Waals surface area contributed by atoms with Gasteiger partial charge >= 0.3 is 6.09 Å². The Kier molecular flexibility index (Phi) is 10.5. The number of carbonyl (C=O) groups is 1. The lowest BCUT2D eigenvalue weighted by Gasteiger charge is -2.19. The molecule has 0 bridgehead atoms. The monoisotopic (exact) mass is 529 g/mol. The largest absolute Gasteiger partial charge is 0.444 e.